The van der Waals surface area contributed by atoms with Crippen molar-refractivity contribution in [3.63, 3.8) is 0 Å². The molecule has 1 fully saturated rings. The van der Waals surface area contributed by atoms with Gasteiger partial charge in [-0.3, -0.25) is 9.63 Å². The molecule has 0 atom stereocenters. The van der Waals surface area contributed by atoms with Crippen molar-refractivity contribution < 1.29 is 14.7 Å². The third-order valence-corrected chi connectivity index (χ3v) is 3.86. The molecule has 0 aliphatic heterocycles. The van der Waals surface area contributed by atoms with Crippen molar-refractivity contribution in [1.82, 2.24) is 5.48 Å². The van der Waals surface area contributed by atoms with E-state index in [1.165, 1.54) is 0 Å². The summed E-state index contributed by atoms with van der Waals surface area (Å²) in [5.41, 5.74) is 3.27. The number of benzene rings is 1. The average molecular weight is 263 g/mol. The van der Waals surface area contributed by atoms with Gasteiger partial charge < -0.3 is 5.11 Å². The Morgan fingerprint density at radius 3 is 2.53 bits per heavy atom. The van der Waals surface area contributed by atoms with Gasteiger partial charge in [-0.15, -0.1) is 0 Å². The zero-order chi connectivity index (χ0) is 13.6. The van der Waals surface area contributed by atoms with Gasteiger partial charge in [-0.25, -0.2) is 5.48 Å². The minimum atomic E-state index is -0.706. The van der Waals surface area contributed by atoms with E-state index in [1.54, 1.807) is 0 Å². The van der Waals surface area contributed by atoms with Gasteiger partial charge in [-0.05, 0) is 18.4 Å². The quantitative estimate of drug-likeness (QED) is 0.612. The number of aliphatic carboxylic acids is 1. The summed E-state index contributed by atoms with van der Waals surface area (Å²) in [6, 6.07) is 9.83. The van der Waals surface area contributed by atoms with Crippen LogP contribution in [0.2, 0.25) is 0 Å². The Labute approximate surface area is 113 Å². The fraction of sp³-hybridized carbons (Fsp3) is 0.533. The lowest BCUT2D eigenvalue weighted by Crippen LogP contribution is -2.42. The second-order valence-electron chi connectivity index (χ2n) is 5.24. The monoisotopic (exact) mass is 263 g/mol. The highest BCUT2D eigenvalue weighted by atomic mass is 16.6. The van der Waals surface area contributed by atoms with Gasteiger partial charge in [-0.2, -0.15) is 0 Å². The van der Waals surface area contributed by atoms with Gasteiger partial charge in [0.15, 0.2) is 0 Å². The van der Waals surface area contributed by atoms with E-state index >= 15 is 0 Å². The van der Waals surface area contributed by atoms with Crippen LogP contribution in [0.1, 0.15) is 37.7 Å². The van der Waals surface area contributed by atoms with E-state index in [0.29, 0.717) is 13.2 Å². The van der Waals surface area contributed by atoms with Crippen LogP contribution in [-0.4, -0.2) is 17.6 Å². The van der Waals surface area contributed by atoms with Crippen molar-refractivity contribution in [2.45, 2.75) is 38.7 Å². The Balaban J connectivity index is 1.78. The van der Waals surface area contributed by atoms with E-state index in [9.17, 15) is 9.90 Å². The molecular weight excluding hydrogens is 242 g/mol. The maximum absolute atomic E-state index is 11.4. The predicted molar refractivity (Wildman–Crippen MR) is 72.4 cm³/mol. The number of hydrogen-bond donors (Lipinski definition) is 2. The first-order chi connectivity index (χ1) is 9.23. The molecule has 0 aromatic heterocycles. The van der Waals surface area contributed by atoms with Crippen LogP contribution in [0, 0.1) is 5.41 Å². The van der Waals surface area contributed by atoms with Gasteiger partial charge in [0.25, 0.3) is 0 Å². The lowest BCUT2D eigenvalue weighted by molar-refractivity contribution is -0.153. The molecule has 2 N–H and O–H groups in total. The molecule has 1 aromatic rings. The number of carboxylic acid groups (broad SMARTS) is 1. The maximum atomic E-state index is 11.4. The standard InChI is InChI=1S/C15H21NO3/c17-14(18)15(9-5-2-6-10-15)12-16-19-11-13-7-3-1-4-8-13/h1,3-4,7-8,16H,2,5-6,9-12H2,(H,17,18). The molecule has 0 amide bonds. The van der Waals surface area contributed by atoms with Crippen LogP contribution in [0.15, 0.2) is 30.3 Å². The predicted octanol–water partition coefficient (Wildman–Crippen LogP) is 2.74. The van der Waals surface area contributed by atoms with Crippen molar-refractivity contribution in [2.24, 2.45) is 5.41 Å². The van der Waals surface area contributed by atoms with E-state index in [0.717, 1.165) is 37.7 Å². The summed E-state index contributed by atoms with van der Waals surface area (Å²) in [6.45, 7) is 0.839. The number of nitrogens with one attached hydrogen (secondary N) is 1. The zero-order valence-corrected chi connectivity index (χ0v) is 11.1. The second-order valence-corrected chi connectivity index (χ2v) is 5.24. The Morgan fingerprint density at radius 1 is 1.21 bits per heavy atom. The summed E-state index contributed by atoms with van der Waals surface area (Å²) >= 11 is 0. The third kappa shape index (κ3) is 3.78. The number of carbonyl (C=O) groups is 1. The first kappa shape index (κ1) is 14.0. The molecule has 19 heavy (non-hydrogen) atoms. The van der Waals surface area contributed by atoms with E-state index in [2.05, 4.69) is 5.48 Å². The van der Waals surface area contributed by atoms with Gasteiger partial charge in [0.05, 0.1) is 12.0 Å². The van der Waals surface area contributed by atoms with Gasteiger partial charge in [0.1, 0.15) is 0 Å². The van der Waals surface area contributed by atoms with E-state index in [1.807, 2.05) is 30.3 Å². The highest BCUT2D eigenvalue weighted by Crippen LogP contribution is 2.35. The van der Waals surface area contributed by atoms with Crippen LogP contribution in [-0.2, 0) is 16.2 Å². The van der Waals surface area contributed by atoms with Crippen molar-refractivity contribution in [3.8, 4) is 0 Å². The van der Waals surface area contributed by atoms with Crippen molar-refractivity contribution in [3.05, 3.63) is 35.9 Å². The molecule has 2 rings (SSSR count). The third-order valence-electron chi connectivity index (χ3n) is 3.86. The second kappa shape index (κ2) is 6.68. The number of hydrogen-bond acceptors (Lipinski definition) is 3. The van der Waals surface area contributed by atoms with Crippen molar-refractivity contribution in [2.75, 3.05) is 6.54 Å². The molecule has 1 aliphatic rings. The lowest BCUT2D eigenvalue weighted by Gasteiger charge is -2.32. The van der Waals surface area contributed by atoms with E-state index in [4.69, 9.17) is 4.84 Å². The summed E-state index contributed by atoms with van der Waals surface area (Å²) in [4.78, 5) is 16.8. The van der Waals surface area contributed by atoms with Gasteiger partial charge >= 0.3 is 5.97 Å². The molecule has 1 aromatic carbocycles. The first-order valence-corrected chi connectivity index (χ1v) is 6.85. The molecule has 4 heteroatoms. The first-order valence-electron chi connectivity index (χ1n) is 6.85. The summed E-state index contributed by atoms with van der Waals surface area (Å²) < 4.78 is 0. The number of carboxylic acids is 1. The average Bonchev–Trinajstić information content (AvgIpc) is 2.46. The molecular formula is C15H21NO3. The maximum Gasteiger partial charge on any atom is 0.311 e. The summed E-state index contributed by atoms with van der Waals surface area (Å²) in [7, 11) is 0. The van der Waals surface area contributed by atoms with Crippen molar-refractivity contribution >= 4 is 5.97 Å². The van der Waals surface area contributed by atoms with E-state index in [-0.39, 0.29) is 0 Å². The van der Waals surface area contributed by atoms with E-state index < -0.39 is 11.4 Å². The highest BCUT2D eigenvalue weighted by Gasteiger charge is 2.39. The summed E-state index contributed by atoms with van der Waals surface area (Å²) in [6.07, 6.45) is 4.60. The fourth-order valence-corrected chi connectivity index (χ4v) is 2.59. The normalized spacial score (nSPS) is 18.1. The highest BCUT2D eigenvalue weighted by molar-refractivity contribution is 5.75. The Morgan fingerprint density at radius 2 is 1.89 bits per heavy atom. The Kier molecular flexibility index (Phi) is 4.93. The van der Waals surface area contributed by atoms with Gasteiger partial charge in [0.2, 0.25) is 0 Å². The SMILES string of the molecule is O=C(O)C1(CNOCc2ccccc2)CCCCC1. The lowest BCUT2D eigenvalue weighted by atomic mass is 9.74. The van der Waals surface area contributed by atoms with Crippen LogP contribution in [0.5, 0.6) is 0 Å². The smallest absolute Gasteiger partial charge is 0.311 e. The molecule has 1 saturated carbocycles. The number of hydroxylamine groups is 1. The minimum absolute atomic E-state index is 0.384. The molecule has 4 nitrogen and oxygen atoms in total. The molecule has 104 valence electrons. The zero-order valence-electron chi connectivity index (χ0n) is 11.1. The Hall–Kier alpha value is -1.39. The molecule has 1 aliphatic carbocycles. The topological polar surface area (TPSA) is 58.6 Å². The van der Waals surface area contributed by atoms with Crippen LogP contribution in [0.3, 0.4) is 0 Å². The largest absolute Gasteiger partial charge is 0.481 e. The summed E-state index contributed by atoms with van der Waals surface area (Å²) in [5, 5.41) is 9.41. The molecule has 0 unspecified atom stereocenters. The summed E-state index contributed by atoms with van der Waals surface area (Å²) in [5.74, 6) is -0.706. The molecule has 0 saturated heterocycles. The molecule has 0 radical (unpaired) electrons. The van der Waals surface area contributed by atoms with Crippen LogP contribution in [0.4, 0.5) is 0 Å². The molecule has 0 bridgehead atoms. The van der Waals surface area contributed by atoms with Crippen LogP contribution >= 0.6 is 0 Å². The molecule has 0 heterocycles. The van der Waals surface area contributed by atoms with Crippen molar-refractivity contribution in [1.29, 1.82) is 0 Å². The molecule has 0 spiro atoms. The van der Waals surface area contributed by atoms with Gasteiger partial charge in [0, 0.05) is 6.54 Å². The van der Waals surface area contributed by atoms with Crippen LogP contribution < -0.4 is 5.48 Å². The fourth-order valence-electron chi connectivity index (χ4n) is 2.59. The van der Waals surface area contributed by atoms with Crippen LogP contribution in [0.25, 0.3) is 0 Å². The number of rotatable bonds is 6. The minimum Gasteiger partial charge on any atom is -0.481 e. The Bertz CT molecular complexity index is 399. The van der Waals surface area contributed by atoms with Gasteiger partial charge in [-0.1, -0.05) is 49.6 Å².